The first-order valence-electron chi connectivity index (χ1n) is 10.1. The summed E-state index contributed by atoms with van der Waals surface area (Å²) in [4.78, 5) is 19.6. The zero-order valence-corrected chi connectivity index (χ0v) is 18.6. The van der Waals surface area contributed by atoms with E-state index < -0.39 is 0 Å². The molecule has 3 heterocycles. The fourth-order valence-corrected chi connectivity index (χ4v) is 5.67. The van der Waals surface area contributed by atoms with Crippen LogP contribution in [0.15, 0.2) is 28.3 Å². The first-order chi connectivity index (χ1) is 14.0. The van der Waals surface area contributed by atoms with Crippen LogP contribution in [0.1, 0.15) is 38.5 Å². The third-order valence-electron chi connectivity index (χ3n) is 6.13. The molecule has 9 heteroatoms. The summed E-state index contributed by atoms with van der Waals surface area (Å²) in [5, 5.41) is 0.604. The van der Waals surface area contributed by atoms with E-state index in [4.69, 9.17) is 22.4 Å². The molecule has 0 radical (unpaired) electrons. The molecule has 1 aliphatic carbocycles. The highest BCUT2D eigenvalue weighted by Crippen LogP contribution is 2.46. The van der Waals surface area contributed by atoms with E-state index >= 15 is 0 Å². The first-order valence-corrected chi connectivity index (χ1v) is 11.3. The molecule has 29 heavy (non-hydrogen) atoms. The molecule has 0 unspecified atom stereocenters. The van der Waals surface area contributed by atoms with Crippen LogP contribution in [0.2, 0.25) is 5.02 Å². The van der Waals surface area contributed by atoms with Gasteiger partial charge in [0.2, 0.25) is 5.95 Å². The summed E-state index contributed by atoms with van der Waals surface area (Å²) in [6.07, 6.45) is 11.6. The fraction of sp³-hybridized carbons (Fsp3) is 0.550. The summed E-state index contributed by atoms with van der Waals surface area (Å²) in [6, 6.07) is 1.89. The van der Waals surface area contributed by atoms with Gasteiger partial charge in [0.25, 0.3) is 0 Å². The van der Waals surface area contributed by atoms with Crippen LogP contribution in [-0.2, 0) is 0 Å². The number of aromatic nitrogens is 3. The Bertz CT molecular complexity index is 860. The van der Waals surface area contributed by atoms with Crippen molar-refractivity contribution < 1.29 is 0 Å². The fourth-order valence-electron chi connectivity index (χ4n) is 4.42. The van der Waals surface area contributed by atoms with E-state index in [9.17, 15) is 0 Å². The number of nitrogens with zero attached hydrogens (tertiary/aromatic N) is 5. The van der Waals surface area contributed by atoms with Crippen molar-refractivity contribution >= 4 is 40.9 Å². The Morgan fingerprint density at radius 2 is 1.86 bits per heavy atom. The molecular weight excluding hydrogens is 406 g/mol. The number of hydrogen-bond acceptors (Lipinski definition) is 8. The van der Waals surface area contributed by atoms with Gasteiger partial charge in [-0.15, -0.1) is 0 Å². The minimum atomic E-state index is 0.573. The molecule has 0 amide bonds. The predicted molar refractivity (Wildman–Crippen MR) is 120 cm³/mol. The molecule has 2 aromatic rings. The molecule has 1 aliphatic heterocycles. The standard InChI is InChI=1S/C20H28ClN7S/c1-27(2)18-16(21)14(5-10-23-18)29-15-13-24-19(25-17(15)26-22)28-11-8-20(9-12-28)6-3-4-7-20/h5,10,13H,3-4,6-9,11-12,22H2,1-2H3,(H,24,25,26). The highest BCUT2D eigenvalue weighted by Gasteiger charge is 2.37. The molecule has 1 saturated heterocycles. The third kappa shape index (κ3) is 4.25. The van der Waals surface area contributed by atoms with Gasteiger partial charge in [-0.2, -0.15) is 4.98 Å². The van der Waals surface area contributed by atoms with Crippen LogP contribution in [0, 0.1) is 5.41 Å². The van der Waals surface area contributed by atoms with Crippen LogP contribution in [0.5, 0.6) is 0 Å². The van der Waals surface area contributed by atoms with E-state index in [2.05, 4.69) is 20.3 Å². The largest absolute Gasteiger partial charge is 0.361 e. The van der Waals surface area contributed by atoms with Crippen molar-refractivity contribution in [3.05, 3.63) is 23.5 Å². The molecule has 7 nitrogen and oxygen atoms in total. The number of hydrogen-bond donors (Lipinski definition) is 2. The Morgan fingerprint density at radius 3 is 2.52 bits per heavy atom. The maximum Gasteiger partial charge on any atom is 0.227 e. The molecule has 2 aliphatic rings. The molecular formula is C20H28ClN7S. The highest BCUT2D eigenvalue weighted by atomic mass is 35.5. The van der Waals surface area contributed by atoms with E-state index in [1.54, 1.807) is 6.20 Å². The second kappa shape index (κ2) is 8.53. The van der Waals surface area contributed by atoms with Gasteiger partial charge >= 0.3 is 0 Å². The lowest BCUT2D eigenvalue weighted by Gasteiger charge is -2.39. The zero-order valence-electron chi connectivity index (χ0n) is 17.0. The normalized spacial score (nSPS) is 18.3. The van der Waals surface area contributed by atoms with Gasteiger partial charge in [0, 0.05) is 44.5 Å². The van der Waals surface area contributed by atoms with Crippen LogP contribution in [0.25, 0.3) is 0 Å². The predicted octanol–water partition coefficient (Wildman–Crippen LogP) is 4.19. The number of pyridine rings is 1. The first kappa shape index (κ1) is 20.5. The summed E-state index contributed by atoms with van der Waals surface area (Å²) in [5.74, 6) is 7.87. The van der Waals surface area contributed by atoms with Crippen molar-refractivity contribution in [2.75, 3.05) is 42.4 Å². The smallest absolute Gasteiger partial charge is 0.227 e. The van der Waals surface area contributed by atoms with Gasteiger partial charge in [-0.05, 0) is 37.2 Å². The lowest BCUT2D eigenvalue weighted by Crippen LogP contribution is -2.39. The van der Waals surface area contributed by atoms with Crippen molar-refractivity contribution in [1.29, 1.82) is 0 Å². The minimum Gasteiger partial charge on any atom is -0.361 e. The van der Waals surface area contributed by atoms with Crippen molar-refractivity contribution in [3.8, 4) is 0 Å². The summed E-state index contributed by atoms with van der Waals surface area (Å²) in [5.41, 5.74) is 3.31. The van der Waals surface area contributed by atoms with Gasteiger partial charge < -0.3 is 15.2 Å². The van der Waals surface area contributed by atoms with Gasteiger partial charge in [-0.1, -0.05) is 36.2 Å². The Balaban J connectivity index is 1.51. The molecule has 4 rings (SSSR count). The van der Waals surface area contributed by atoms with Crippen molar-refractivity contribution in [1.82, 2.24) is 15.0 Å². The van der Waals surface area contributed by atoms with Gasteiger partial charge in [-0.3, -0.25) is 0 Å². The molecule has 0 atom stereocenters. The Morgan fingerprint density at radius 1 is 1.14 bits per heavy atom. The number of hydrazine groups is 1. The average molecular weight is 434 g/mol. The van der Waals surface area contributed by atoms with Crippen molar-refractivity contribution in [2.45, 2.75) is 48.3 Å². The van der Waals surface area contributed by atoms with Gasteiger partial charge in [0.15, 0.2) is 5.82 Å². The Hall–Kier alpha value is -1.77. The van der Waals surface area contributed by atoms with Crippen molar-refractivity contribution in [3.63, 3.8) is 0 Å². The van der Waals surface area contributed by atoms with E-state index in [1.165, 1.54) is 50.3 Å². The van der Waals surface area contributed by atoms with Crippen LogP contribution in [0.4, 0.5) is 17.6 Å². The van der Waals surface area contributed by atoms with E-state index in [1.807, 2.05) is 31.3 Å². The topological polar surface area (TPSA) is 83.2 Å². The summed E-state index contributed by atoms with van der Waals surface area (Å²) in [6.45, 7) is 2.03. The average Bonchev–Trinajstić information content (AvgIpc) is 3.18. The van der Waals surface area contributed by atoms with Gasteiger partial charge in [0.05, 0.1) is 9.92 Å². The zero-order chi connectivity index (χ0) is 20.4. The number of piperidine rings is 1. The van der Waals surface area contributed by atoms with Crippen molar-refractivity contribution in [2.24, 2.45) is 11.3 Å². The highest BCUT2D eigenvalue weighted by molar-refractivity contribution is 7.99. The summed E-state index contributed by atoms with van der Waals surface area (Å²) in [7, 11) is 3.84. The quantitative estimate of drug-likeness (QED) is 0.536. The second-order valence-corrected chi connectivity index (χ2v) is 9.63. The molecule has 1 spiro atoms. The minimum absolute atomic E-state index is 0.573. The van der Waals surface area contributed by atoms with E-state index in [-0.39, 0.29) is 0 Å². The van der Waals surface area contributed by atoms with E-state index in [0.717, 1.165) is 34.6 Å². The number of nitrogens with one attached hydrogen (secondary N) is 1. The second-order valence-electron chi connectivity index (χ2n) is 8.16. The lowest BCUT2D eigenvalue weighted by molar-refractivity contribution is 0.225. The molecule has 156 valence electrons. The van der Waals surface area contributed by atoms with Crippen LogP contribution in [0.3, 0.4) is 0 Å². The molecule has 0 aromatic carbocycles. The maximum absolute atomic E-state index is 6.54. The monoisotopic (exact) mass is 433 g/mol. The van der Waals surface area contributed by atoms with Crippen LogP contribution < -0.4 is 21.1 Å². The maximum atomic E-state index is 6.54. The number of anilines is 3. The number of nitrogen functional groups attached to an aromatic ring is 1. The van der Waals surface area contributed by atoms with E-state index in [0.29, 0.717) is 16.3 Å². The molecule has 0 bridgehead atoms. The van der Waals surface area contributed by atoms with Crippen LogP contribution >= 0.6 is 23.4 Å². The lowest BCUT2D eigenvalue weighted by atomic mass is 9.77. The molecule has 2 aromatic heterocycles. The van der Waals surface area contributed by atoms with Crippen LogP contribution in [-0.4, -0.2) is 42.1 Å². The number of rotatable bonds is 5. The Kier molecular flexibility index (Phi) is 6.03. The summed E-state index contributed by atoms with van der Waals surface area (Å²) >= 11 is 8.02. The molecule has 3 N–H and O–H groups in total. The Labute approximate surface area is 181 Å². The van der Waals surface area contributed by atoms with Gasteiger partial charge in [0.1, 0.15) is 5.82 Å². The van der Waals surface area contributed by atoms with Gasteiger partial charge in [-0.25, -0.2) is 15.8 Å². The third-order valence-corrected chi connectivity index (χ3v) is 7.69. The number of nitrogens with two attached hydrogens (primary N) is 1. The number of halogens is 1. The SMILES string of the molecule is CN(C)c1nccc(Sc2cnc(N3CCC4(CCCC4)CC3)nc2NN)c1Cl. The summed E-state index contributed by atoms with van der Waals surface area (Å²) < 4.78 is 0. The molecule has 2 fully saturated rings. The molecule has 1 saturated carbocycles.